The zero-order valence-electron chi connectivity index (χ0n) is 20.2. The molecular weight excluding hydrogens is 474 g/mol. The molecule has 2 heterocycles. The molecule has 1 N–H and O–H groups in total. The van der Waals surface area contributed by atoms with E-state index in [1.807, 2.05) is 61.5 Å². The molecule has 186 valence electrons. The number of hydrogen-bond donors (Lipinski definition) is 1. The van der Waals surface area contributed by atoms with Crippen LogP contribution in [0.1, 0.15) is 30.0 Å². The second-order valence-corrected chi connectivity index (χ2v) is 10.9. The first kappa shape index (κ1) is 24.2. The molecular formula is C28H29N3O4S. The first-order valence-corrected chi connectivity index (χ1v) is 13.7. The van der Waals surface area contributed by atoms with E-state index in [-0.39, 0.29) is 23.1 Å². The van der Waals surface area contributed by atoms with Gasteiger partial charge in [-0.1, -0.05) is 55.5 Å². The van der Waals surface area contributed by atoms with E-state index < -0.39 is 16.1 Å². The molecule has 2 aliphatic rings. The Kier molecular flexibility index (Phi) is 6.64. The molecule has 1 atom stereocenters. The number of benzene rings is 3. The molecule has 3 aromatic rings. The van der Waals surface area contributed by atoms with Crippen molar-refractivity contribution in [1.29, 1.82) is 0 Å². The number of anilines is 2. The summed E-state index contributed by atoms with van der Waals surface area (Å²) in [5, 5.41) is 0. The summed E-state index contributed by atoms with van der Waals surface area (Å²) in [5.74, 6) is -0.254. The van der Waals surface area contributed by atoms with Gasteiger partial charge < -0.3 is 9.80 Å². The van der Waals surface area contributed by atoms with Crippen LogP contribution in [-0.4, -0.2) is 39.4 Å². The van der Waals surface area contributed by atoms with Gasteiger partial charge in [0.15, 0.2) is 0 Å². The Morgan fingerprint density at radius 3 is 2.31 bits per heavy atom. The summed E-state index contributed by atoms with van der Waals surface area (Å²) in [5.41, 5.74) is 4.36. The van der Waals surface area contributed by atoms with Crippen LogP contribution in [0.15, 0.2) is 77.7 Å². The van der Waals surface area contributed by atoms with Gasteiger partial charge in [0.1, 0.15) is 6.04 Å². The predicted molar refractivity (Wildman–Crippen MR) is 140 cm³/mol. The standard InChI is InChI=1S/C28H29N3O4S/c1-2-27(32)30-16-15-22-19-23(12-13-26(22)30)36(34,35)29-24(18-20-8-4-3-5-9-20)28(33)31-17-14-21-10-6-7-11-25(21)31/h3-13,19,24,29H,2,14-18H2,1H3/t24-/m0/s1. The maximum absolute atomic E-state index is 13.7. The number of nitrogens with zero attached hydrogens (tertiary/aromatic N) is 2. The fourth-order valence-corrected chi connectivity index (χ4v) is 6.27. The molecule has 0 spiro atoms. The molecule has 0 saturated carbocycles. The average molecular weight is 504 g/mol. The molecule has 0 bridgehead atoms. The van der Waals surface area contributed by atoms with E-state index >= 15 is 0 Å². The number of carbonyl (C=O) groups excluding carboxylic acids is 2. The van der Waals surface area contributed by atoms with Crippen molar-refractivity contribution in [2.45, 2.75) is 43.5 Å². The lowest BCUT2D eigenvalue weighted by Crippen LogP contribution is -2.49. The molecule has 2 aliphatic heterocycles. The van der Waals surface area contributed by atoms with Crippen molar-refractivity contribution in [3.8, 4) is 0 Å². The number of hydrogen-bond acceptors (Lipinski definition) is 4. The van der Waals surface area contributed by atoms with Gasteiger partial charge in [-0.15, -0.1) is 0 Å². The normalized spacial score (nSPS) is 15.5. The zero-order valence-corrected chi connectivity index (χ0v) is 21.0. The van der Waals surface area contributed by atoms with E-state index in [4.69, 9.17) is 0 Å². The van der Waals surface area contributed by atoms with Crippen molar-refractivity contribution in [3.63, 3.8) is 0 Å². The van der Waals surface area contributed by atoms with Gasteiger partial charge in [-0.05, 0) is 60.2 Å². The Hall–Kier alpha value is -3.49. The van der Waals surface area contributed by atoms with Crippen LogP contribution in [0.4, 0.5) is 11.4 Å². The number of amides is 2. The first-order valence-electron chi connectivity index (χ1n) is 12.3. The Balaban J connectivity index is 1.43. The molecule has 8 heteroatoms. The van der Waals surface area contributed by atoms with Gasteiger partial charge in [0.25, 0.3) is 0 Å². The average Bonchev–Trinajstić information content (AvgIpc) is 3.52. The Bertz CT molecular complexity index is 1410. The summed E-state index contributed by atoms with van der Waals surface area (Å²) >= 11 is 0. The van der Waals surface area contributed by atoms with Gasteiger partial charge in [-0.3, -0.25) is 9.59 Å². The lowest BCUT2D eigenvalue weighted by atomic mass is 10.1. The van der Waals surface area contributed by atoms with Gasteiger partial charge in [0.05, 0.1) is 4.90 Å². The third kappa shape index (κ3) is 4.66. The van der Waals surface area contributed by atoms with Crippen molar-refractivity contribution in [2.24, 2.45) is 0 Å². The number of para-hydroxylation sites is 1. The van der Waals surface area contributed by atoms with Gasteiger partial charge in [0, 0.05) is 30.9 Å². The zero-order chi connectivity index (χ0) is 25.3. The van der Waals surface area contributed by atoms with E-state index in [0.29, 0.717) is 25.9 Å². The second-order valence-electron chi connectivity index (χ2n) is 9.17. The van der Waals surface area contributed by atoms with E-state index in [1.54, 1.807) is 21.9 Å². The van der Waals surface area contributed by atoms with E-state index in [2.05, 4.69) is 4.72 Å². The van der Waals surface area contributed by atoms with Crippen molar-refractivity contribution >= 4 is 33.2 Å². The highest BCUT2D eigenvalue weighted by molar-refractivity contribution is 7.89. The number of sulfonamides is 1. The highest BCUT2D eigenvalue weighted by atomic mass is 32.2. The Labute approximate surface area is 211 Å². The molecule has 5 rings (SSSR count). The number of rotatable bonds is 7. The van der Waals surface area contributed by atoms with E-state index in [1.165, 1.54) is 6.07 Å². The van der Waals surface area contributed by atoms with Crippen molar-refractivity contribution in [3.05, 3.63) is 89.5 Å². The number of nitrogens with one attached hydrogen (secondary N) is 1. The molecule has 0 fully saturated rings. The monoisotopic (exact) mass is 503 g/mol. The fraction of sp³-hybridized carbons (Fsp3) is 0.286. The van der Waals surface area contributed by atoms with Gasteiger partial charge >= 0.3 is 0 Å². The summed E-state index contributed by atoms with van der Waals surface area (Å²) in [4.78, 5) is 29.4. The van der Waals surface area contributed by atoms with Crippen molar-refractivity contribution in [2.75, 3.05) is 22.9 Å². The minimum absolute atomic E-state index is 0.0156. The van der Waals surface area contributed by atoms with Crippen molar-refractivity contribution < 1.29 is 18.0 Å². The fourth-order valence-electron chi connectivity index (χ4n) is 5.03. The molecule has 0 unspecified atom stereocenters. The van der Waals surface area contributed by atoms with Crippen LogP contribution in [0.25, 0.3) is 0 Å². The lowest BCUT2D eigenvalue weighted by molar-refractivity contribution is -0.120. The van der Waals surface area contributed by atoms with E-state index in [9.17, 15) is 18.0 Å². The number of fused-ring (bicyclic) bond motifs is 2. The molecule has 0 aliphatic carbocycles. The molecule has 0 saturated heterocycles. The Morgan fingerprint density at radius 1 is 0.861 bits per heavy atom. The highest BCUT2D eigenvalue weighted by Crippen LogP contribution is 2.31. The summed E-state index contributed by atoms with van der Waals surface area (Å²) < 4.78 is 29.7. The lowest BCUT2D eigenvalue weighted by Gasteiger charge is -2.25. The largest absolute Gasteiger partial charge is 0.312 e. The predicted octanol–water partition coefficient (Wildman–Crippen LogP) is 3.46. The van der Waals surface area contributed by atoms with E-state index in [0.717, 1.165) is 34.5 Å². The summed E-state index contributed by atoms with van der Waals surface area (Å²) in [7, 11) is -4.00. The van der Waals surface area contributed by atoms with Gasteiger partial charge in [-0.2, -0.15) is 4.72 Å². The minimum Gasteiger partial charge on any atom is -0.312 e. The molecule has 0 radical (unpaired) electrons. The second kappa shape index (κ2) is 9.87. The van der Waals surface area contributed by atoms with Crippen LogP contribution in [0.2, 0.25) is 0 Å². The smallest absolute Gasteiger partial charge is 0.245 e. The van der Waals surface area contributed by atoms with Crippen LogP contribution in [0, 0.1) is 0 Å². The first-order chi connectivity index (χ1) is 17.4. The quantitative estimate of drug-likeness (QED) is 0.535. The third-order valence-corrected chi connectivity index (χ3v) is 8.36. The molecule has 0 aromatic heterocycles. The van der Waals surface area contributed by atoms with Crippen LogP contribution in [-0.2, 0) is 38.9 Å². The summed E-state index contributed by atoms with van der Waals surface area (Å²) in [6, 6.07) is 21.0. The summed E-state index contributed by atoms with van der Waals surface area (Å²) in [6.07, 6.45) is 1.97. The summed E-state index contributed by atoms with van der Waals surface area (Å²) in [6.45, 7) is 2.87. The SMILES string of the molecule is CCC(=O)N1CCc2cc(S(=O)(=O)N[C@@H](Cc3ccccc3)C(=O)N3CCc4ccccc43)ccc21. The number of carbonyl (C=O) groups is 2. The van der Waals surface area contributed by atoms with Crippen molar-refractivity contribution in [1.82, 2.24) is 4.72 Å². The molecule has 36 heavy (non-hydrogen) atoms. The van der Waals surface area contributed by atoms with Crippen LogP contribution in [0.5, 0.6) is 0 Å². The van der Waals surface area contributed by atoms with Crippen LogP contribution >= 0.6 is 0 Å². The van der Waals surface area contributed by atoms with Crippen LogP contribution < -0.4 is 14.5 Å². The maximum Gasteiger partial charge on any atom is 0.245 e. The third-order valence-electron chi connectivity index (χ3n) is 6.89. The van der Waals surface area contributed by atoms with Gasteiger partial charge in [-0.25, -0.2) is 8.42 Å². The molecule has 7 nitrogen and oxygen atoms in total. The van der Waals surface area contributed by atoms with Crippen LogP contribution in [0.3, 0.4) is 0 Å². The topological polar surface area (TPSA) is 86.8 Å². The Morgan fingerprint density at radius 2 is 1.53 bits per heavy atom. The maximum atomic E-state index is 13.7. The van der Waals surface area contributed by atoms with Gasteiger partial charge in [0.2, 0.25) is 21.8 Å². The minimum atomic E-state index is -4.00. The molecule has 2 amide bonds. The molecule has 3 aromatic carbocycles. The highest BCUT2D eigenvalue weighted by Gasteiger charge is 2.34.